The Bertz CT molecular complexity index is 4370. The van der Waals surface area contributed by atoms with Gasteiger partial charge in [-0.1, -0.05) is 164 Å². The molecule has 0 spiro atoms. The van der Waals surface area contributed by atoms with E-state index < -0.39 is 0 Å². The Hall–Kier alpha value is -9.42. The van der Waals surface area contributed by atoms with Crippen LogP contribution >= 0.6 is 0 Å². The largest absolute Gasteiger partial charge is 0.456 e. The molecule has 0 atom stereocenters. The SMILES string of the molecule is [C-]#[N+]c1c(-c2ccccc2)c(C#N)c(-n2c3ccccc3c3cc(-c4cccc5oc6ccccc6c45)ccc32)c(-c2ccccc2)c1-n1c2cccc3c4ccccc4c4cccc1c4c32. The van der Waals surface area contributed by atoms with Gasteiger partial charge in [-0.3, -0.25) is 0 Å². The van der Waals surface area contributed by atoms with E-state index in [0.29, 0.717) is 16.8 Å². The summed E-state index contributed by atoms with van der Waals surface area (Å²) in [7, 11) is 0. The van der Waals surface area contributed by atoms with Crippen molar-refractivity contribution in [3.8, 4) is 50.8 Å². The molecule has 0 radical (unpaired) electrons. The van der Waals surface area contributed by atoms with E-state index in [9.17, 15) is 11.8 Å². The number of furan rings is 1. The van der Waals surface area contributed by atoms with Crippen LogP contribution in [0.25, 0.3) is 137 Å². The number of aromatic nitrogens is 2. The molecule has 5 nitrogen and oxygen atoms in total. The van der Waals surface area contributed by atoms with Crippen molar-refractivity contribution < 1.29 is 4.42 Å². The van der Waals surface area contributed by atoms with E-state index in [4.69, 9.17) is 4.42 Å². The van der Waals surface area contributed by atoms with Gasteiger partial charge in [-0.15, -0.1) is 0 Å². The quantitative estimate of drug-likeness (QED) is 0.128. The Labute approximate surface area is 384 Å². The highest BCUT2D eigenvalue weighted by Crippen LogP contribution is 2.53. The van der Waals surface area contributed by atoms with E-state index in [1.807, 2.05) is 66.7 Å². The summed E-state index contributed by atoms with van der Waals surface area (Å²) >= 11 is 0. The fraction of sp³-hybridized carbons (Fsp3) is 0. The van der Waals surface area contributed by atoms with E-state index in [2.05, 4.69) is 160 Å². The van der Waals surface area contributed by atoms with Gasteiger partial charge in [-0.2, -0.15) is 5.26 Å². The summed E-state index contributed by atoms with van der Waals surface area (Å²) in [6.45, 7) is 9.22. The number of hydrogen-bond donors (Lipinski definition) is 0. The molecule has 14 aromatic rings. The Kier molecular flexibility index (Phi) is 7.75. The van der Waals surface area contributed by atoms with E-state index in [1.165, 1.54) is 10.8 Å². The van der Waals surface area contributed by atoms with Crippen LogP contribution in [0.2, 0.25) is 0 Å². The lowest BCUT2D eigenvalue weighted by Crippen LogP contribution is -2.08. The van der Waals surface area contributed by atoms with Crippen LogP contribution < -0.4 is 0 Å². The Morgan fingerprint density at radius 1 is 0.403 bits per heavy atom. The Balaban J connectivity index is 1.18. The molecule has 0 aliphatic heterocycles. The molecule has 5 heteroatoms. The number of nitrogens with zero attached hydrogens (tertiary/aromatic N) is 4. The number of nitriles is 1. The molecule has 3 aromatic heterocycles. The van der Waals surface area contributed by atoms with Gasteiger partial charge in [0.25, 0.3) is 0 Å². The minimum atomic E-state index is 0.417. The van der Waals surface area contributed by atoms with E-state index in [-0.39, 0.29) is 0 Å². The topological polar surface area (TPSA) is 51.1 Å². The predicted molar refractivity (Wildman–Crippen MR) is 276 cm³/mol. The zero-order chi connectivity index (χ0) is 44.3. The first-order valence-electron chi connectivity index (χ1n) is 22.4. The first-order valence-corrected chi connectivity index (χ1v) is 22.4. The lowest BCUT2D eigenvalue weighted by atomic mass is 9.88. The van der Waals surface area contributed by atoms with E-state index in [1.54, 1.807) is 0 Å². The third kappa shape index (κ3) is 5.06. The molecule has 0 fully saturated rings. The van der Waals surface area contributed by atoms with Gasteiger partial charge >= 0.3 is 0 Å². The summed E-state index contributed by atoms with van der Waals surface area (Å²) in [5.41, 5.74) is 13.2. The smallest absolute Gasteiger partial charge is 0.220 e. The van der Waals surface area contributed by atoms with Gasteiger partial charge in [-0.25, -0.2) is 4.85 Å². The zero-order valence-corrected chi connectivity index (χ0v) is 35.8. The molecule has 14 rings (SSSR count). The maximum atomic E-state index is 11.8. The van der Waals surface area contributed by atoms with Crippen molar-refractivity contribution in [1.82, 2.24) is 9.13 Å². The van der Waals surface area contributed by atoms with Gasteiger partial charge in [0.15, 0.2) is 0 Å². The predicted octanol–water partition coefficient (Wildman–Crippen LogP) is 16.9. The molecular formula is C62H34N4O. The maximum Gasteiger partial charge on any atom is 0.220 e. The molecule has 67 heavy (non-hydrogen) atoms. The molecule has 0 amide bonds. The van der Waals surface area contributed by atoms with Gasteiger partial charge < -0.3 is 13.6 Å². The summed E-state index contributed by atoms with van der Waals surface area (Å²) in [4.78, 5) is 4.51. The van der Waals surface area contributed by atoms with E-state index >= 15 is 0 Å². The average Bonchev–Trinajstić information content (AvgIpc) is 4.06. The van der Waals surface area contributed by atoms with Crippen LogP contribution in [0, 0.1) is 17.9 Å². The molecular weight excluding hydrogens is 817 g/mol. The molecule has 11 aromatic carbocycles. The number of para-hydroxylation sites is 2. The average molecular weight is 851 g/mol. The lowest BCUT2D eigenvalue weighted by molar-refractivity contribution is 0.669. The highest BCUT2D eigenvalue weighted by molar-refractivity contribution is 6.34. The van der Waals surface area contributed by atoms with Crippen molar-refractivity contribution >= 4 is 92.8 Å². The van der Waals surface area contributed by atoms with Crippen LogP contribution in [-0.4, -0.2) is 9.13 Å². The lowest BCUT2D eigenvalue weighted by Gasteiger charge is -2.25. The molecule has 0 unspecified atom stereocenters. The normalized spacial score (nSPS) is 11.9. The number of hydrogen-bond acceptors (Lipinski definition) is 2. The minimum Gasteiger partial charge on any atom is -0.456 e. The summed E-state index contributed by atoms with van der Waals surface area (Å²) in [6, 6.07) is 74.4. The number of benzene rings is 11. The first kappa shape index (κ1) is 37.0. The highest BCUT2D eigenvalue weighted by Gasteiger charge is 2.32. The van der Waals surface area contributed by atoms with E-state index in [0.717, 1.165) is 116 Å². The maximum absolute atomic E-state index is 11.8. The van der Waals surface area contributed by atoms with Crippen molar-refractivity contribution in [2.75, 3.05) is 0 Å². The van der Waals surface area contributed by atoms with Gasteiger partial charge in [0.05, 0.1) is 45.6 Å². The summed E-state index contributed by atoms with van der Waals surface area (Å²) < 4.78 is 11.0. The molecule has 0 N–H and O–H groups in total. The second-order valence-corrected chi connectivity index (χ2v) is 17.3. The fourth-order valence-electron chi connectivity index (χ4n) is 11.3. The minimum absolute atomic E-state index is 0.417. The van der Waals surface area contributed by atoms with Crippen molar-refractivity contribution in [2.45, 2.75) is 0 Å². The van der Waals surface area contributed by atoms with Gasteiger partial charge in [0.2, 0.25) is 5.69 Å². The van der Waals surface area contributed by atoms with Crippen LogP contribution in [-0.2, 0) is 0 Å². The van der Waals surface area contributed by atoms with Gasteiger partial charge in [0, 0.05) is 43.4 Å². The molecule has 0 saturated heterocycles. The highest BCUT2D eigenvalue weighted by atomic mass is 16.3. The van der Waals surface area contributed by atoms with Crippen molar-refractivity contribution in [1.29, 1.82) is 5.26 Å². The van der Waals surface area contributed by atoms with Gasteiger partial charge in [0.1, 0.15) is 17.2 Å². The van der Waals surface area contributed by atoms with Crippen LogP contribution in [0.15, 0.2) is 211 Å². The van der Waals surface area contributed by atoms with Crippen LogP contribution in [0.5, 0.6) is 0 Å². The molecule has 0 bridgehead atoms. The third-order valence-electron chi connectivity index (χ3n) is 13.9. The number of rotatable bonds is 5. The zero-order valence-electron chi connectivity index (χ0n) is 35.8. The third-order valence-corrected chi connectivity index (χ3v) is 13.9. The van der Waals surface area contributed by atoms with Crippen LogP contribution in [0.1, 0.15) is 5.56 Å². The first-order chi connectivity index (χ1) is 33.2. The summed E-state index contributed by atoms with van der Waals surface area (Å²) in [5, 5.41) is 23.1. The van der Waals surface area contributed by atoms with Crippen molar-refractivity contribution in [2.24, 2.45) is 0 Å². The fourth-order valence-corrected chi connectivity index (χ4v) is 11.3. The van der Waals surface area contributed by atoms with Crippen molar-refractivity contribution in [3.63, 3.8) is 0 Å². The standard InChI is InChI=1S/C62H34N4O/c1-64-60-55(37-17-4-2-5-18-37)48(36-63)61(65-49-28-12-10-23-43(49)47-35-39(33-34-50(47)65)40-25-16-32-54-57(40)46-24-11-13-31-53(46)67-54)56(38-19-6-3-7-20-38)62(60)66-51-29-14-26-44-41-21-8-9-22-42(41)45-27-15-30-52(66)59(45)58(44)51/h2-35H. The van der Waals surface area contributed by atoms with Crippen LogP contribution in [0.3, 0.4) is 0 Å². The second-order valence-electron chi connectivity index (χ2n) is 17.3. The Morgan fingerprint density at radius 3 is 1.60 bits per heavy atom. The summed E-state index contributed by atoms with van der Waals surface area (Å²) in [5.74, 6) is 0. The van der Waals surface area contributed by atoms with Gasteiger partial charge in [-0.05, 0) is 86.3 Å². The molecule has 3 heterocycles. The van der Waals surface area contributed by atoms with Crippen LogP contribution in [0.4, 0.5) is 5.69 Å². The molecule has 308 valence electrons. The molecule has 0 aliphatic carbocycles. The number of fused-ring (bicyclic) bond motifs is 9. The molecule has 0 saturated carbocycles. The molecule has 0 aliphatic rings. The Morgan fingerprint density at radius 2 is 0.925 bits per heavy atom. The summed E-state index contributed by atoms with van der Waals surface area (Å²) in [6.07, 6.45) is 0. The second kappa shape index (κ2) is 14.0. The monoisotopic (exact) mass is 850 g/mol. The van der Waals surface area contributed by atoms with Crippen molar-refractivity contribution in [3.05, 3.63) is 223 Å².